The molecule has 0 aromatic rings. The van der Waals surface area contributed by atoms with Crippen molar-refractivity contribution in [2.75, 3.05) is 0 Å². The lowest BCUT2D eigenvalue weighted by atomic mass is 9.33. The van der Waals surface area contributed by atoms with E-state index in [0.29, 0.717) is 0 Å². The summed E-state index contributed by atoms with van der Waals surface area (Å²) in [6.07, 6.45) is 9.05. The molecule has 0 radical (unpaired) electrons. The highest BCUT2D eigenvalue weighted by Gasteiger charge is 2.79. The van der Waals surface area contributed by atoms with Crippen LogP contribution in [0.3, 0.4) is 0 Å². The second-order valence-corrected chi connectivity index (χ2v) is 7.64. The molecule has 3 fully saturated rings. The molecular formula is C18H28. The summed E-state index contributed by atoms with van der Waals surface area (Å²) >= 11 is 0. The van der Waals surface area contributed by atoms with Gasteiger partial charge in [0.1, 0.15) is 0 Å². The molecule has 6 atom stereocenters. The highest BCUT2D eigenvalue weighted by atomic mass is 14.8. The first-order valence-corrected chi connectivity index (χ1v) is 8.32. The van der Waals surface area contributed by atoms with E-state index < -0.39 is 0 Å². The van der Waals surface area contributed by atoms with Crippen molar-refractivity contribution in [2.45, 2.75) is 66.2 Å². The third-order valence-corrected chi connectivity index (χ3v) is 8.26. The Kier molecular flexibility index (Phi) is 2.08. The quantitative estimate of drug-likeness (QED) is 0.586. The molecule has 0 heteroatoms. The van der Waals surface area contributed by atoms with Gasteiger partial charge >= 0.3 is 0 Å². The first-order chi connectivity index (χ1) is 8.65. The van der Waals surface area contributed by atoms with Gasteiger partial charge in [-0.15, -0.1) is 0 Å². The minimum atomic E-state index is 0.733. The first kappa shape index (κ1) is 11.6. The largest absolute Gasteiger partial charge is 0.0704 e. The van der Waals surface area contributed by atoms with Crippen molar-refractivity contribution in [3.63, 3.8) is 0 Å². The van der Waals surface area contributed by atoms with E-state index in [-0.39, 0.29) is 0 Å². The summed E-state index contributed by atoms with van der Waals surface area (Å²) in [4.78, 5) is 0. The van der Waals surface area contributed by atoms with Gasteiger partial charge in [0.2, 0.25) is 0 Å². The molecular weight excluding hydrogens is 216 g/mol. The summed E-state index contributed by atoms with van der Waals surface area (Å²) in [5.74, 6) is 4.12. The van der Waals surface area contributed by atoms with E-state index in [9.17, 15) is 0 Å². The van der Waals surface area contributed by atoms with Crippen LogP contribution in [0, 0.1) is 34.5 Å². The maximum Gasteiger partial charge on any atom is -0.0132 e. The molecule has 0 heterocycles. The van der Waals surface area contributed by atoms with Crippen LogP contribution in [0.25, 0.3) is 0 Å². The van der Waals surface area contributed by atoms with E-state index in [1.807, 2.05) is 0 Å². The van der Waals surface area contributed by atoms with Crippen LogP contribution in [0.4, 0.5) is 0 Å². The molecule has 0 N–H and O–H groups in total. The summed E-state index contributed by atoms with van der Waals surface area (Å²) in [5.41, 5.74) is 5.07. The molecule has 0 aromatic carbocycles. The molecule has 6 unspecified atom stereocenters. The zero-order chi connectivity index (χ0) is 12.7. The molecule has 0 amide bonds. The van der Waals surface area contributed by atoms with Crippen molar-refractivity contribution in [1.82, 2.24) is 0 Å². The molecule has 0 aromatic heterocycles. The minimum Gasteiger partial charge on any atom is -0.0704 e. The highest BCUT2D eigenvalue weighted by molar-refractivity contribution is 5.41. The van der Waals surface area contributed by atoms with Gasteiger partial charge < -0.3 is 0 Å². The molecule has 0 spiro atoms. The molecule has 18 heavy (non-hydrogen) atoms. The van der Waals surface area contributed by atoms with Gasteiger partial charge in [-0.05, 0) is 80.5 Å². The van der Waals surface area contributed by atoms with Crippen LogP contribution in [-0.2, 0) is 0 Å². The standard InChI is InChI=1S/C18H28/c1-5-17-13-8-7-9-14(13)18(17,6-2)16-10-15(17)11(3)12(16)4/h13-16H,5-10H2,1-4H3. The van der Waals surface area contributed by atoms with E-state index in [2.05, 4.69) is 27.7 Å². The fourth-order valence-corrected chi connectivity index (χ4v) is 7.96. The van der Waals surface area contributed by atoms with Crippen LogP contribution in [0.2, 0.25) is 0 Å². The van der Waals surface area contributed by atoms with E-state index >= 15 is 0 Å². The van der Waals surface area contributed by atoms with Crippen LogP contribution in [0.15, 0.2) is 11.1 Å². The zero-order valence-corrected chi connectivity index (χ0v) is 12.6. The third-order valence-electron chi connectivity index (χ3n) is 8.26. The average molecular weight is 244 g/mol. The van der Waals surface area contributed by atoms with Gasteiger partial charge in [0.15, 0.2) is 0 Å². The highest BCUT2D eigenvalue weighted by Crippen LogP contribution is 2.86. The van der Waals surface area contributed by atoms with E-state index in [0.717, 1.165) is 34.5 Å². The maximum atomic E-state index is 2.50. The Labute approximate surface area is 112 Å². The molecule has 0 saturated heterocycles. The normalized spacial score (nSPS) is 56.7. The monoisotopic (exact) mass is 244 g/mol. The Bertz CT molecular complexity index is 393. The fraction of sp³-hybridized carbons (Fsp3) is 0.889. The molecule has 0 aliphatic heterocycles. The number of hydrogen-bond donors (Lipinski definition) is 0. The lowest BCUT2D eigenvalue weighted by Gasteiger charge is -2.71. The average Bonchev–Trinajstić information content (AvgIpc) is 2.98. The fourth-order valence-electron chi connectivity index (χ4n) is 7.96. The SMILES string of the molecule is CCC12C3CC(C(C)=C3C)C1(CC)C1CCCC12. The summed E-state index contributed by atoms with van der Waals surface area (Å²) < 4.78 is 0. The summed E-state index contributed by atoms with van der Waals surface area (Å²) in [7, 11) is 0. The van der Waals surface area contributed by atoms with E-state index in [1.165, 1.54) is 25.7 Å². The van der Waals surface area contributed by atoms with Crippen molar-refractivity contribution in [1.29, 1.82) is 0 Å². The molecule has 100 valence electrons. The lowest BCUT2D eigenvalue weighted by molar-refractivity contribution is -0.213. The molecule has 2 bridgehead atoms. The van der Waals surface area contributed by atoms with Crippen LogP contribution in [0.1, 0.15) is 66.2 Å². The molecule has 0 nitrogen and oxygen atoms in total. The van der Waals surface area contributed by atoms with Crippen molar-refractivity contribution in [3.8, 4) is 0 Å². The number of fused-ring (bicyclic) bond motifs is 8. The van der Waals surface area contributed by atoms with Crippen LogP contribution in [0.5, 0.6) is 0 Å². The van der Waals surface area contributed by atoms with Gasteiger partial charge in [-0.25, -0.2) is 0 Å². The summed E-state index contributed by atoms with van der Waals surface area (Å²) in [6, 6.07) is 0. The summed E-state index contributed by atoms with van der Waals surface area (Å²) in [5, 5.41) is 0. The van der Waals surface area contributed by atoms with Gasteiger partial charge in [0.25, 0.3) is 0 Å². The molecule has 4 aliphatic rings. The van der Waals surface area contributed by atoms with Crippen molar-refractivity contribution in [3.05, 3.63) is 11.1 Å². The van der Waals surface area contributed by atoms with Gasteiger partial charge in [0.05, 0.1) is 0 Å². The van der Waals surface area contributed by atoms with E-state index in [1.54, 1.807) is 24.0 Å². The zero-order valence-electron chi connectivity index (χ0n) is 12.6. The van der Waals surface area contributed by atoms with Gasteiger partial charge in [-0.1, -0.05) is 31.4 Å². The molecule has 3 saturated carbocycles. The lowest BCUT2D eigenvalue weighted by Crippen LogP contribution is -2.66. The van der Waals surface area contributed by atoms with E-state index in [4.69, 9.17) is 0 Å². The smallest absolute Gasteiger partial charge is 0.0132 e. The molecule has 4 rings (SSSR count). The predicted molar refractivity (Wildman–Crippen MR) is 76.3 cm³/mol. The van der Waals surface area contributed by atoms with Gasteiger partial charge in [0, 0.05) is 0 Å². The topological polar surface area (TPSA) is 0 Å². The third kappa shape index (κ3) is 0.816. The Morgan fingerprint density at radius 3 is 1.72 bits per heavy atom. The second-order valence-electron chi connectivity index (χ2n) is 7.64. The van der Waals surface area contributed by atoms with Crippen molar-refractivity contribution in [2.24, 2.45) is 34.5 Å². The number of allylic oxidation sites excluding steroid dienone is 2. The number of rotatable bonds is 2. The Balaban J connectivity index is 1.91. The minimum absolute atomic E-state index is 0.733. The Morgan fingerprint density at radius 2 is 1.33 bits per heavy atom. The van der Waals surface area contributed by atoms with Crippen molar-refractivity contribution >= 4 is 0 Å². The predicted octanol–water partition coefficient (Wildman–Crippen LogP) is 5.20. The Hall–Kier alpha value is -0.260. The number of hydrogen-bond acceptors (Lipinski definition) is 0. The van der Waals surface area contributed by atoms with Crippen LogP contribution >= 0.6 is 0 Å². The Morgan fingerprint density at radius 1 is 0.889 bits per heavy atom. The van der Waals surface area contributed by atoms with Gasteiger partial charge in [-0.3, -0.25) is 0 Å². The van der Waals surface area contributed by atoms with Crippen molar-refractivity contribution < 1.29 is 0 Å². The first-order valence-electron chi connectivity index (χ1n) is 8.32. The second kappa shape index (κ2) is 3.25. The summed E-state index contributed by atoms with van der Waals surface area (Å²) in [6.45, 7) is 9.92. The van der Waals surface area contributed by atoms with Crippen LogP contribution in [-0.4, -0.2) is 0 Å². The van der Waals surface area contributed by atoms with Gasteiger partial charge in [-0.2, -0.15) is 0 Å². The molecule has 4 aliphatic carbocycles. The maximum absolute atomic E-state index is 2.50. The van der Waals surface area contributed by atoms with Crippen LogP contribution < -0.4 is 0 Å².